The summed E-state index contributed by atoms with van der Waals surface area (Å²) in [5, 5.41) is 4.69. The molecule has 0 radical (unpaired) electrons. The molecule has 1 saturated heterocycles. The molecule has 6 heteroatoms. The van der Waals surface area contributed by atoms with Gasteiger partial charge < -0.3 is 4.90 Å². The Morgan fingerprint density at radius 3 is 2.75 bits per heavy atom. The largest absolute Gasteiger partial charge is 0.334 e. The maximum atomic E-state index is 12.4. The van der Waals surface area contributed by atoms with Crippen molar-refractivity contribution in [3.8, 4) is 0 Å². The van der Waals surface area contributed by atoms with E-state index >= 15 is 0 Å². The lowest BCUT2D eigenvalue weighted by atomic mass is 9.56. The van der Waals surface area contributed by atoms with Crippen molar-refractivity contribution in [1.82, 2.24) is 19.7 Å². The van der Waals surface area contributed by atoms with Crippen LogP contribution in [0.4, 0.5) is 5.95 Å². The summed E-state index contributed by atoms with van der Waals surface area (Å²) in [6, 6.07) is 10.9. The summed E-state index contributed by atoms with van der Waals surface area (Å²) in [5.74, 6) is 0.655. The number of nitrogens with zero attached hydrogens (tertiary/aromatic N) is 4. The van der Waals surface area contributed by atoms with Gasteiger partial charge in [-0.1, -0.05) is 36.8 Å². The lowest BCUT2D eigenvalue weighted by Gasteiger charge is -2.62. The van der Waals surface area contributed by atoms with Gasteiger partial charge in [0.15, 0.2) is 5.65 Å². The summed E-state index contributed by atoms with van der Waals surface area (Å²) in [5.41, 5.74) is 2.16. The average Bonchev–Trinajstić information content (AvgIpc) is 2.88. The zero-order valence-electron chi connectivity index (χ0n) is 13.6. The Labute approximate surface area is 139 Å². The molecule has 122 valence electrons. The molecular formula is C18H19N5O. The Morgan fingerprint density at radius 2 is 2.04 bits per heavy atom. The molecule has 2 fully saturated rings. The molecule has 3 heterocycles. The molecule has 0 amide bonds. The molecule has 1 aliphatic heterocycles. The van der Waals surface area contributed by atoms with Gasteiger partial charge in [0.05, 0.1) is 12.2 Å². The third-order valence-corrected chi connectivity index (χ3v) is 5.70. The van der Waals surface area contributed by atoms with E-state index in [2.05, 4.69) is 44.2 Å². The summed E-state index contributed by atoms with van der Waals surface area (Å²) in [6.07, 6.45) is 5.37. The molecule has 24 heavy (non-hydrogen) atoms. The number of aromatic nitrogens is 4. The second-order valence-corrected chi connectivity index (χ2v) is 7.05. The van der Waals surface area contributed by atoms with Crippen LogP contribution >= 0.6 is 0 Å². The molecule has 3 aromatic rings. The maximum Gasteiger partial charge on any atom is 0.263 e. The van der Waals surface area contributed by atoms with Crippen molar-refractivity contribution in [3.63, 3.8) is 0 Å². The summed E-state index contributed by atoms with van der Waals surface area (Å²) < 4.78 is 1.66. The van der Waals surface area contributed by atoms with Crippen LogP contribution in [0, 0.1) is 5.41 Å². The molecule has 6 nitrogen and oxygen atoms in total. The second-order valence-electron chi connectivity index (χ2n) is 7.05. The maximum absolute atomic E-state index is 12.4. The number of anilines is 1. The number of hydrogen-bond donors (Lipinski definition) is 1. The fourth-order valence-electron chi connectivity index (χ4n) is 4.32. The van der Waals surface area contributed by atoms with Crippen LogP contribution in [-0.4, -0.2) is 26.3 Å². The first-order chi connectivity index (χ1) is 11.7. The number of benzene rings is 1. The molecule has 1 saturated carbocycles. The quantitative estimate of drug-likeness (QED) is 0.787. The highest BCUT2D eigenvalue weighted by Crippen LogP contribution is 2.60. The average molecular weight is 321 g/mol. The highest BCUT2D eigenvalue weighted by atomic mass is 16.1. The third kappa shape index (κ3) is 1.74. The lowest BCUT2D eigenvalue weighted by Crippen LogP contribution is -2.62. The predicted molar refractivity (Wildman–Crippen MR) is 91.9 cm³/mol. The van der Waals surface area contributed by atoms with Gasteiger partial charge in [-0.05, 0) is 18.4 Å². The smallest absolute Gasteiger partial charge is 0.263 e. The van der Waals surface area contributed by atoms with Gasteiger partial charge in [0, 0.05) is 19.0 Å². The number of H-pyrrole nitrogens is 1. The van der Waals surface area contributed by atoms with Crippen molar-refractivity contribution in [2.75, 3.05) is 11.4 Å². The number of rotatable bonds is 2. The number of aryl methyl sites for hydroxylation is 1. The molecule has 1 atom stereocenters. The number of fused-ring (bicyclic) bond motifs is 1. The molecule has 2 aliphatic rings. The molecular weight excluding hydrogens is 302 g/mol. The molecule has 1 N–H and O–H groups in total. The molecule has 2 aromatic heterocycles. The van der Waals surface area contributed by atoms with Gasteiger partial charge in [0.2, 0.25) is 5.95 Å². The van der Waals surface area contributed by atoms with Gasteiger partial charge in [0.1, 0.15) is 5.39 Å². The Balaban J connectivity index is 1.61. The summed E-state index contributed by atoms with van der Waals surface area (Å²) in [6.45, 7) is 0.957. The van der Waals surface area contributed by atoms with E-state index in [9.17, 15) is 4.79 Å². The summed E-state index contributed by atoms with van der Waals surface area (Å²) >= 11 is 0. The van der Waals surface area contributed by atoms with Gasteiger partial charge >= 0.3 is 0 Å². The number of nitrogens with one attached hydrogen (secondary N) is 1. The highest BCUT2D eigenvalue weighted by molar-refractivity contribution is 5.74. The first-order valence-electron chi connectivity index (χ1n) is 8.42. The molecule has 0 bridgehead atoms. The van der Waals surface area contributed by atoms with Gasteiger partial charge in [-0.3, -0.25) is 14.5 Å². The van der Waals surface area contributed by atoms with Gasteiger partial charge in [-0.15, -0.1) is 0 Å². The lowest BCUT2D eigenvalue weighted by molar-refractivity contribution is 0.0269. The van der Waals surface area contributed by atoms with Gasteiger partial charge in [-0.25, -0.2) is 0 Å². The van der Waals surface area contributed by atoms with E-state index in [1.165, 1.54) is 24.8 Å². The second kappa shape index (κ2) is 4.69. The van der Waals surface area contributed by atoms with Crippen LogP contribution in [0.25, 0.3) is 11.0 Å². The zero-order valence-corrected chi connectivity index (χ0v) is 13.6. The number of hydrogen-bond acceptors (Lipinski definition) is 4. The molecule has 5 rings (SSSR count). The molecule has 1 unspecified atom stereocenters. The Kier molecular flexibility index (Phi) is 2.69. The Hall–Kier alpha value is -2.63. The van der Waals surface area contributed by atoms with E-state index in [0.29, 0.717) is 28.4 Å². The van der Waals surface area contributed by atoms with Crippen LogP contribution in [0.2, 0.25) is 0 Å². The van der Waals surface area contributed by atoms with Crippen molar-refractivity contribution in [3.05, 3.63) is 52.4 Å². The standard InChI is InChI=1S/C18H19N5O/c1-22-15-13(10-19-22)16(24)21-17(20-15)23-11-18(8-5-9-18)14(23)12-6-3-2-4-7-12/h2-4,6-7,10,14H,5,8-9,11H2,1H3,(H,20,21,24). The first-order valence-corrected chi connectivity index (χ1v) is 8.42. The van der Waals surface area contributed by atoms with E-state index in [0.717, 1.165) is 6.54 Å². The zero-order chi connectivity index (χ0) is 16.3. The van der Waals surface area contributed by atoms with Crippen LogP contribution in [0.5, 0.6) is 0 Å². The van der Waals surface area contributed by atoms with Crippen molar-refractivity contribution in [2.45, 2.75) is 25.3 Å². The molecule has 1 aromatic carbocycles. The van der Waals surface area contributed by atoms with Gasteiger partial charge in [0.25, 0.3) is 5.56 Å². The van der Waals surface area contributed by atoms with Crippen molar-refractivity contribution in [1.29, 1.82) is 0 Å². The molecule has 1 aliphatic carbocycles. The van der Waals surface area contributed by atoms with Crippen molar-refractivity contribution >= 4 is 17.0 Å². The van der Waals surface area contributed by atoms with Gasteiger partial charge in [-0.2, -0.15) is 10.1 Å². The van der Waals surface area contributed by atoms with Crippen LogP contribution in [0.3, 0.4) is 0 Å². The first kappa shape index (κ1) is 13.8. The van der Waals surface area contributed by atoms with E-state index in [1.807, 2.05) is 13.1 Å². The predicted octanol–water partition coefficient (Wildman–Crippen LogP) is 2.39. The van der Waals surface area contributed by atoms with Crippen LogP contribution in [-0.2, 0) is 7.05 Å². The van der Waals surface area contributed by atoms with Crippen molar-refractivity contribution < 1.29 is 0 Å². The Morgan fingerprint density at radius 1 is 1.25 bits per heavy atom. The van der Waals surface area contributed by atoms with Crippen LogP contribution in [0.1, 0.15) is 30.9 Å². The van der Waals surface area contributed by atoms with E-state index in [-0.39, 0.29) is 5.56 Å². The van der Waals surface area contributed by atoms with E-state index in [4.69, 9.17) is 0 Å². The van der Waals surface area contributed by atoms with Crippen molar-refractivity contribution in [2.24, 2.45) is 12.5 Å². The number of aromatic amines is 1. The van der Waals surface area contributed by atoms with Crippen LogP contribution < -0.4 is 10.5 Å². The minimum atomic E-state index is -0.121. The molecule has 1 spiro atoms. The third-order valence-electron chi connectivity index (χ3n) is 5.70. The fourth-order valence-corrected chi connectivity index (χ4v) is 4.32. The summed E-state index contributed by atoms with van der Waals surface area (Å²) in [4.78, 5) is 22.3. The van der Waals surface area contributed by atoms with E-state index < -0.39 is 0 Å². The normalized spacial score (nSPS) is 21.7. The topological polar surface area (TPSA) is 66.8 Å². The fraction of sp³-hybridized carbons (Fsp3) is 0.389. The SMILES string of the molecule is Cn1ncc2c(=O)[nH]c(N3CC4(CCC4)C3c3ccccc3)nc21. The highest BCUT2D eigenvalue weighted by Gasteiger charge is 2.57. The monoisotopic (exact) mass is 321 g/mol. The van der Waals surface area contributed by atoms with E-state index in [1.54, 1.807) is 10.9 Å². The minimum absolute atomic E-state index is 0.121. The Bertz CT molecular complexity index is 970. The van der Waals surface area contributed by atoms with Crippen LogP contribution in [0.15, 0.2) is 41.3 Å². The minimum Gasteiger partial charge on any atom is -0.334 e. The summed E-state index contributed by atoms with van der Waals surface area (Å²) in [7, 11) is 1.82.